The van der Waals surface area contributed by atoms with E-state index in [4.69, 9.17) is 5.11 Å². The van der Waals surface area contributed by atoms with Gasteiger partial charge in [0.25, 0.3) is 10.0 Å². The van der Waals surface area contributed by atoms with Gasteiger partial charge in [-0.05, 0) is 6.42 Å². The van der Waals surface area contributed by atoms with Gasteiger partial charge in [0.15, 0.2) is 0 Å². The third kappa shape index (κ3) is 4.47. The highest BCUT2D eigenvalue weighted by Gasteiger charge is 2.27. The standard InChI is InChI=1S/C6H11F2NO4S/c1-2-4(3-5(10)11)9-14(12,13)6(7)8/h4,6,9H,2-3H2,1H3,(H,10,11). The van der Waals surface area contributed by atoms with Gasteiger partial charge in [-0.1, -0.05) is 6.92 Å². The van der Waals surface area contributed by atoms with E-state index < -0.39 is 34.2 Å². The van der Waals surface area contributed by atoms with Gasteiger partial charge >= 0.3 is 11.7 Å². The van der Waals surface area contributed by atoms with Crippen molar-refractivity contribution in [3.63, 3.8) is 0 Å². The lowest BCUT2D eigenvalue weighted by Gasteiger charge is -2.13. The van der Waals surface area contributed by atoms with Crippen LogP contribution in [-0.2, 0) is 14.8 Å². The molecule has 0 amide bonds. The number of alkyl halides is 2. The number of hydrogen-bond donors (Lipinski definition) is 2. The van der Waals surface area contributed by atoms with Gasteiger partial charge in [0.05, 0.1) is 6.42 Å². The van der Waals surface area contributed by atoms with Gasteiger partial charge in [-0.3, -0.25) is 4.79 Å². The fraction of sp³-hybridized carbons (Fsp3) is 0.833. The molecule has 2 N–H and O–H groups in total. The maximum atomic E-state index is 11.8. The fourth-order valence-electron chi connectivity index (χ4n) is 0.764. The van der Waals surface area contributed by atoms with Crippen molar-refractivity contribution in [1.82, 2.24) is 4.72 Å². The van der Waals surface area contributed by atoms with E-state index in [2.05, 4.69) is 0 Å². The second-order valence-electron chi connectivity index (χ2n) is 2.63. The molecule has 1 unspecified atom stereocenters. The van der Waals surface area contributed by atoms with Gasteiger partial charge in [-0.2, -0.15) is 8.78 Å². The Bertz CT molecular complexity index is 290. The van der Waals surface area contributed by atoms with E-state index in [1.807, 2.05) is 0 Å². The fourth-order valence-corrected chi connectivity index (χ4v) is 1.58. The molecule has 0 aromatic rings. The summed E-state index contributed by atoms with van der Waals surface area (Å²) in [6, 6.07) is -0.994. The molecule has 0 fully saturated rings. The Balaban J connectivity index is 4.39. The number of carboxylic acid groups (broad SMARTS) is 1. The third-order valence-electron chi connectivity index (χ3n) is 1.48. The van der Waals surface area contributed by atoms with Gasteiger partial charge in [-0.25, -0.2) is 13.1 Å². The number of sulfonamides is 1. The van der Waals surface area contributed by atoms with Crippen LogP contribution in [0.1, 0.15) is 19.8 Å². The van der Waals surface area contributed by atoms with Crippen LogP contribution in [-0.4, -0.2) is 31.3 Å². The average molecular weight is 231 g/mol. The number of carboxylic acids is 1. The molecular formula is C6H11F2NO4S. The Morgan fingerprint density at radius 2 is 2.00 bits per heavy atom. The molecule has 1 atom stereocenters. The van der Waals surface area contributed by atoms with Crippen LogP contribution in [0.4, 0.5) is 8.78 Å². The highest BCUT2D eigenvalue weighted by molar-refractivity contribution is 7.89. The molecule has 14 heavy (non-hydrogen) atoms. The normalized spacial score (nSPS) is 14.3. The number of carbonyl (C=O) groups is 1. The summed E-state index contributed by atoms with van der Waals surface area (Å²) in [6.07, 6.45) is -0.374. The predicted molar refractivity (Wildman–Crippen MR) is 44.4 cm³/mol. The number of aliphatic carboxylic acids is 1. The average Bonchev–Trinajstić information content (AvgIpc) is 2.01. The minimum Gasteiger partial charge on any atom is -0.481 e. The Morgan fingerprint density at radius 1 is 1.50 bits per heavy atom. The zero-order valence-electron chi connectivity index (χ0n) is 7.41. The van der Waals surface area contributed by atoms with E-state index in [1.165, 1.54) is 6.92 Å². The van der Waals surface area contributed by atoms with Crippen LogP contribution < -0.4 is 4.72 Å². The van der Waals surface area contributed by atoms with E-state index >= 15 is 0 Å². The van der Waals surface area contributed by atoms with Gasteiger partial charge in [0.1, 0.15) is 0 Å². The lowest BCUT2D eigenvalue weighted by Crippen LogP contribution is -2.39. The molecule has 5 nitrogen and oxygen atoms in total. The van der Waals surface area contributed by atoms with Crippen LogP contribution in [0, 0.1) is 0 Å². The van der Waals surface area contributed by atoms with Crippen LogP contribution in [0.25, 0.3) is 0 Å². The van der Waals surface area contributed by atoms with Gasteiger partial charge < -0.3 is 5.11 Å². The van der Waals surface area contributed by atoms with Crippen LogP contribution in [0.2, 0.25) is 0 Å². The lowest BCUT2D eigenvalue weighted by molar-refractivity contribution is -0.137. The topological polar surface area (TPSA) is 83.5 Å². The molecule has 0 rings (SSSR count). The number of hydrogen-bond acceptors (Lipinski definition) is 3. The van der Waals surface area contributed by atoms with Crippen molar-refractivity contribution in [2.24, 2.45) is 0 Å². The molecule has 84 valence electrons. The Hall–Kier alpha value is -0.760. The number of halogens is 2. The number of rotatable bonds is 6. The molecular weight excluding hydrogens is 220 g/mol. The summed E-state index contributed by atoms with van der Waals surface area (Å²) >= 11 is 0. The zero-order valence-corrected chi connectivity index (χ0v) is 8.22. The minimum absolute atomic E-state index is 0.137. The molecule has 0 aliphatic carbocycles. The highest BCUT2D eigenvalue weighted by Crippen LogP contribution is 2.06. The highest BCUT2D eigenvalue weighted by atomic mass is 32.2. The summed E-state index contributed by atoms with van der Waals surface area (Å²) in [5, 5.41) is 8.33. The van der Waals surface area contributed by atoms with E-state index in [-0.39, 0.29) is 6.42 Å². The summed E-state index contributed by atoms with van der Waals surface area (Å²) in [4.78, 5) is 10.2. The second-order valence-corrected chi connectivity index (χ2v) is 4.31. The second kappa shape index (κ2) is 5.20. The van der Waals surface area contributed by atoms with Crippen molar-refractivity contribution in [3.8, 4) is 0 Å². The summed E-state index contributed by atoms with van der Waals surface area (Å²) < 4.78 is 46.6. The molecule has 0 saturated heterocycles. The molecule has 0 spiro atoms. The van der Waals surface area contributed by atoms with E-state index in [9.17, 15) is 22.0 Å². The quantitative estimate of drug-likeness (QED) is 0.692. The largest absolute Gasteiger partial charge is 0.481 e. The Labute approximate surface area is 80.2 Å². The summed E-state index contributed by atoms with van der Waals surface area (Å²) in [5.41, 5.74) is 0. The molecule has 0 aliphatic rings. The summed E-state index contributed by atoms with van der Waals surface area (Å²) in [5.74, 6) is -4.78. The molecule has 0 saturated carbocycles. The smallest absolute Gasteiger partial charge is 0.350 e. The van der Waals surface area contributed by atoms with Crippen LogP contribution in [0.3, 0.4) is 0 Å². The Morgan fingerprint density at radius 3 is 2.29 bits per heavy atom. The molecule has 0 heterocycles. The first kappa shape index (κ1) is 13.2. The van der Waals surface area contributed by atoms with Crippen LogP contribution in [0.5, 0.6) is 0 Å². The number of nitrogens with one attached hydrogen (secondary N) is 1. The van der Waals surface area contributed by atoms with Gasteiger partial charge in [-0.15, -0.1) is 0 Å². The molecule has 0 aromatic heterocycles. The van der Waals surface area contributed by atoms with Crippen molar-refractivity contribution in [2.75, 3.05) is 0 Å². The first-order valence-electron chi connectivity index (χ1n) is 3.80. The SMILES string of the molecule is CCC(CC(=O)O)NS(=O)(=O)C(F)F. The molecule has 0 bridgehead atoms. The van der Waals surface area contributed by atoms with Crippen molar-refractivity contribution < 1.29 is 27.1 Å². The lowest BCUT2D eigenvalue weighted by atomic mass is 10.2. The molecule has 0 radical (unpaired) electrons. The van der Waals surface area contributed by atoms with Crippen LogP contribution in [0.15, 0.2) is 0 Å². The van der Waals surface area contributed by atoms with Crippen molar-refractivity contribution in [2.45, 2.75) is 31.6 Å². The van der Waals surface area contributed by atoms with E-state index in [0.29, 0.717) is 0 Å². The Kier molecular flexibility index (Phi) is 4.92. The molecule has 0 aliphatic heterocycles. The maximum Gasteiger partial charge on any atom is 0.350 e. The van der Waals surface area contributed by atoms with E-state index in [1.54, 1.807) is 4.72 Å². The van der Waals surface area contributed by atoms with Crippen molar-refractivity contribution >= 4 is 16.0 Å². The van der Waals surface area contributed by atoms with Crippen LogP contribution >= 0.6 is 0 Å². The maximum absolute atomic E-state index is 11.8. The third-order valence-corrected chi connectivity index (χ3v) is 2.61. The van der Waals surface area contributed by atoms with E-state index in [0.717, 1.165) is 0 Å². The summed E-state index contributed by atoms with van der Waals surface area (Å²) in [7, 11) is -4.70. The first-order valence-corrected chi connectivity index (χ1v) is 5.35. The van der Waals surface area contributed by atoms with Gasteiger partial charge in [0.2, 0.25) is 0 Å². The summed E-state index contributed by atoms with van der Waals surface area (Å²) in [6.45, 7) is 1.50. The predicted octanol–water partition coefficient (Wildman–Crippen LogP) is 0.382. The first-order chi connectivity index (χ1) is 6.29. The van der Waals surface area contributed by atoms with Crippen molar-refractivity contribution in [3.05, 3.63) is 0 Å². The minimum atomic E-state index is -4.70. The van der Waals surface area contributed by atoms with Gasteiger partial charge in [0, 0.05) is 6.04 Å². The monoisotopic (exact) mass is 231 g/mol. The zero-order chi connectivity index (χ0) is 11.4. The molecule has 0 aromatic carbocycles. The molecule has 8 heteroatoms. The van der Waals surface area contributed by atoms with Crippen molar-refractivity contribution in [1.29, 1.82) is 0 Å².